The summed E-state index contributed by atoms with van der Waals surface area (Å²) >= 11 is 1.41. The second kappa shape index (κ2) is 8.33. The van der Waals surface area contributed by atoms with Gasteiger partial charge >= 0.3 is 0 Å². The molecule has 3 rings (SSSR count). The molecule has 0 radical (unpaired) electrons. The zero-order valence-electron chi connectivity index (χ0n) is 15.1. The maximum Gasteiger partial charge on any atom is 0.214 e. The summed E-state index contributed by atoms with van der Waals surface area (Å²) in [5.74, 6) is 1.28. The highest BCUT2D eigenvalue weighted by Crippen LogP contribution is 2.24. The van der Waals surface area contributed by atoms with Gasteiger partial charge in [-0.05, 0) is 54.0 Å². The van der Waals surface area contributed by atoms with E-state index in [1.54, 1.807) is 4.68 Å². The van der Waals surface area contributed by atoms with Crippen LogP contribution in [-0.4, -0.2) is 43.8 Å². The first-order valence-corrected chi connectivity index (χ1v) is 9.39. The minimum absolute atomic E-state index is 0.227. The monoisotopic (exact) mass is 370 g/mol. The number of nitrogens with zero attached hydrogens (tertiary/aromatic N) is 4. The van der Waals surface area contributed by atoms with E-state index in [1.165, 1.54) is 11.8 Å². The van der Waals surface area contributed by atoms with E-state index < -0.39 is 6.10 Å². The molecule has 3 aromatic rings. The third kappa shape index (κ3) is 4.23. The van der Waals surface area contributed by atoms with E-state index in [1.807, 2.05) is 63.2 Å². The van der Waals surface area contributed by atoms with Crippen molar-refractivity contribution in [3.63, 3.8) is 0 Å². The van der Waals surface area contributed by atoms with E-state index in [0.29, 0.717) is 10.9 Å². The molecule has 0 aliphatic carbocycles. The average Bonchev–Trinajstić information content (AvgIpc) is 3.08. The number of hydrogen-bond donors (Lipinski definition) is 1. The van der Waals surface area contributed by atoms with Crippen molar-refractivity contribution in [2.45, 2.75) is 32.0 Å². The zero-order chi connectivity index (χ0) is 18.5. The number of thioether (sulfide) groups is 1. The number of ether oxygens (including phenoxy) is 1. The Kier molecular flexibility index (Phi) is 5.90. The summed E-state index contributed by atoms with van der Waals surface area (Å²) in [7, 11) is 0. The summed E-state index contributed by atoms with van der Waals surface area (Å²) in [6.45, 7) is 6.24. The largest absolute Gasteiger partial charge is 0.490 e. The number of tetrazole rings is 1. The summed E-state index contributed by atoms with van der Waals surface area (Å²) in [5, 5.41) is 22.8. The number of aryl methyl sites for hydroxylation is 3. The Labute approximate surface area is 157 Å². The van der Waals surface area contributed by atoms with Crippen LogP contribution in [0, 0.1) is 20.8 Å². The van der Waals surface area contributed by atoms with Crippen LogP contribution in [0.15, 0.2) is 47.6 Å². The van der Waals surface area contributed by atoms with Gasteiger partial charge in [0.25, 0.3) is 0 Å². The molecule has 0 amide bonds. The molecule has 0 fully saturated rings. The van der Waals surface area contributed by atoms with Gasteiger partial charge in [-0.1, -0.05) is 48.2 Å². The Bertz CT molecular complexity index is 861. The number of aliphatic hydroxyl groups excluding tert-OH is 1. The molecule has 1 N–H and O–H groups in total. The number of rotatable bonds is 7. The van der Waals surface area contributed by atoms with Crippen LogP contribution in [0.25, 0.3) is 5.69 Å². The lowest BCUT2D eigenvalue weighted by atomic mass is 10.1. The Morgan fingerprint density at radius 1 is 1.04 bits per heavy atom. The number of hydrogen-bond acceptors (Lipinski definition) is 6. The van der Waals surface area contributed by atoms with Gasteiger partial charge < -0.3 is 9.84 Å². The number of para-hydroxylation sites is 2. The van der Waals surface area contributed by atoms with Crippen LogP contribution < -0.4 is 4.74 Å². The highest BCUT2D eigenvalue weighted by molar-refractivity contribution is 7.99. The van der Waals surface area contributed by atoms with E-state index in [9.17, 15) is 5.11 Å². The minimum atomic E-state index is -0.624. The number of aromatic nitrogens is 4. The molecule has 2 aromatic carbocycles. The fourth-order valence-corrected chi connectivity index (χ4v) is 3.44. The fourth-order valence-electron chi connectivity index (χ4n) is 2.65. The van der Waals surface area contributed by atoms with Gasteiger partial charge in [-0.2, -0.15) is 4.68 Å². The van der Waals surface area contributed by atoms with Crippen LogP contribution in [0.4, 0.5) is 0 Å². The van der Waals surface area contributed by atoms with Crippen molar-refractivity contribution in [2.24, 2.45) is 0 Å². The second-order valence-corrected chi connectivity index (χ2v) is 7.14. The molecular formula is C19H22N4O2S. The van der Waals surface area contributed by atoms with Crippen LogP contribution in [0.3, 0.4) is 0 Å². The molecule has 136 valence electrons. The first-order chi connectivity index (χ1) is 12.6. The summed E-state index contributed by atoms with van der Waals surface area (Å²) in [6, 6.07) is 13.9. The predicted octanol–water partition coefficient (Wildman–Crippen LogP) is 3.12. The van der Waals surface area contributed by atoms with Crippen molar-refractivity contribution < 1.29 is 9.84 Å². The van der Waals surface area contributed by atoms with Gasteiger partial charge in [0.15, 0.2) is 0 Å². The van der Waals surface area contributed by atoms with Gasteiger partial charge in [-0.25, -0.2) is 0 Å². The Morgan fingerprint density at radius 3 is 2.46 bits per heavy atom. The van der Waals surface area contributed by atoms with Crippen LogP contribution in [0.1, 0.15) is 16.7 Å². The molecule has 0 saturated carbocycles. The van der Waals surface area contributed by atoms with E-state index >= 15 is 0 Å². The Balaban J connectivity index is 1.60. The Hall–Kier alpha value is -2.38. The third-order valence-electron chi connectivity index (χ3n) is 4.02. The molecule has 0 aliphatic rings. The fraction of sp³-hybridized carbons (Fsp3) is 0.316. The normalized spacial score (nSPS) is 12.2. The molecule has 0 unspecified atom stereocenters. The minimum Gasteiger partial charge on any atom is -0.490 e. The molecule has 0 spiro atoms. The number of benzene rings is 2. The van der Waals surface area contributed by atoms with Crippen molar-refractivity contribution in [3.05, 3.63) is 59.2 Å². The summed E-state index contributed by atoms with van der Waals surface area (Å²) < 4.78 is 7.50. The van der Waals surface area contributed by atoms with Gasteiger partial charge in [0.2, 0.25) is 5.16 Å². The lowest BCUT2D eigenvalue weighted by Crippen LogP contribution is -2.21. The van der Waals surface area contributed by atoms with Crippen LogP contribution in [0.5, 0.6) is 5.75 Å². The quantitative estimate of drug-likeness (QED) is 0.644. The molecule has 6 nitrogen and oxygen atoms in total. The van der Waals surface area contributed by atoms with Crippen molar-refractivity contribution >= 4 is 11.8 Å². The molecule has 1 heterocycles. The van der Waals surface area contributed by atoms with Crippen LogP contribution >= 0.6 is 11.8 Å². The van der Waals surface area contributed by atoms with Gasteiger partial charge in [-0.15, -0.1) is 5.10 Å². The summed E-state index contributed by atoms with van der Waals surface area (Å²) in [5.41, 5.74) is 4.14. The molecule has 26 heavy (non-hydrogen) atoms. The smallest absolute Gasteiger partial charge is 0.214 e. The lowest BCUT2D eigenvalue weighted by molar-refractivity contribution is 0.125. The molecule has 1 atom stereocenters. The summed E-state index contributed by atoms with van der Waals surface area (Å²) in [6.07, 6.45) is -0.624. The van der Waals surface area contributed by atoms with Crippen molar-refractivity contribution in [1.29, 1.82) is 0 Å². The first kappa shape index (κ1) is 18.4. The maximum atomic E-state index is 10.3. The SMILES string of the molecule is Cc1ccccc1-n1nnnc1SC[C@H](O)COc1c(C)cccc1C. The van der Waals surface area contributed by atoms with Gasteiger partial charge in [0, 0.05) is 5.75 Å². The van der Waals surface area contributed by atoms with Gasteiger partial charge in [0.05, 0.1) is 11.8 Å². The molecule has 0 saturated heterocycles. The van der Waals surface area contributed by atoms with Gasteiger partial charge in [-0.3, -0.25) is 0 Å². The lowest BCUT2D eigenvalue weighted by Gasteiger charge is -2.15. The first-order valence-electron chi connectivity index (χ1n) is 8.40. The third-order valence-corrected chi connectivity index (χ3v) is 5.08. The maximum absolute atomic E-state index is 10.3. The topological polar surface area (TPSA) is 73.1 Å². The average molecular weight is 370 g/mol. The van der Waals surface area contributed by atoms with E-state index in [0.717, 1.165) is 28.1 Å². The molecular weight excluding hydrogens is 348 g/mol. The van der Waals surface area contributed by atoms with Crippen LogP contribution in [0.2, 0.25) is 0 Å². The van der Waals surface area contributed by atoms with Crippen molar-refractivity contribution in [1.82, 2.24) is 20.2 Å². The second-order valence-electron chi connectivity index (χ2n) is 6.16. The molecule has 1 aromatic heterocycles. The van der Waals surface area contributed by atoms with E-state index in [4.69, 9.17) is 4.74 Å². The van der Waals surface area contributed by atoms with Crippen molar-refractivity contribution in [3.8, 4) is 11.4 Å². The molecule has 0 bridgehead atoms. The van der Waals surface area contributed by atoms with Crippen LogP contribution in [-0.2, 0) is 0 Å². The van der Waals surface area contributed by atoms with E-state index in [-0.39, 0.29) is 6.61 Å². The highest BCUT2D eigenvalue weighted by Gasteiger charge is 2.14. The Morgan fingerprint density at radius 2 is 1.73 bits per heavy atom. The summed E-state index contributed by atoms with van der Waals surface area (Å²) in [4.78, 5) is 0. The zero-order valence-corrected chi connectivity index (χ0v) is 15.9. The van der Waals surface area contributed by atoms with Crippen molar-refractivity contribution in [2.75, 3.05) is 12.4 Å². The van der Waals surface area contributed by atoms with E-state index in [2.05, 4.69) is 15.5 Å². The highest BCUT2D eigenvalue weighted by atomic mass is 32.2. The molecule has 0 aliphatic heterocycles. The number of aliphatic hydroxyl groups is 1. The molecule has 7 heteroatoms. The van der Waals surface area contributed by atoms with Gasteiger partial charge in [0.1, 0.15) is 12.4 Å². The standard InChI is InChI=1S/C19H22N4O2S/c1-13-7-4-5-10-17(13)23-19(20-21-22-23)26-12-16(24)11-25-18-14(2)8-6-9-15(18)3/h4-10,16,24H,11-12H2,1-3H3/t16-/m1/s1. The predicted molar refractivity (Wildman–Crippen MR) is 102 cm³/mol.